The standard InChI is InChI=1S/2C12H16FNSi.C9H8FN.C3H8/c1-8-5-11-9(6-10(8)13)7-12(14-11)15(2,3)4;1-9-7-12(14)10(8-11(9)13)5-6-15(2,3)4;1-6-4-9-7(2-3-11-9)5-8(6)10;1-3-2/h5-7,14H,1-4H3;7-8H,14H2,1-4H3;2-5,11H,1H3;3H2,1-2H3. The van der Waals surface area contributed by atoms with Crippen molar-refractivity contribution >= 4 is 49.0 Å². The van der Waals surface area contributed by atoms with Gasteiger partial charge in [-0.3, -0.25) is 0 Å². The molecule has 0 saturated heterocycles. The second-order valence-corrected chi connectivity index (χ2v) is 23.0. The molecule has 0 aliphatic heterocycles. The Morgan fingerprint density at radius 3 is 1.75 bits per heavy atom. The summed E-state index contributed by atoms with van der Waals surface area (Å²) < 4.78 is 39.5. The number of fused-ring (bicyclic) bond motifs is 2. The monoisotopic (exact) mass is 635 g/mol. The Kier molecular flexibility index (Phi) is 12.7. The van der Waals surface area contributed by atoms with Gasteiger partial charge in [0.2, 0.25) is 0 Å². The average molecular weight is 636 g/mol. The third-order valence-corrected chi connectivity index (χ3v) is 9.20. The number of aromatic nitrogens is 2. The molecule has 44 heavy (non-hydrogen) atoms. The summed E-state index contributed by atoms with van der Waals surface area (Å²) in [5, 5.41) is 3.19. The number of rotatable bonds is 1. The van der Waals surface area contributed by atoms with Crippen molar-refractivity contribution in [3.05, 3.63) is 94.4 Å². The van der Waals surface area contributed by atoms with E-state index in [1.54, 1.807) is 39.0 Å². The van der Waals surface area contributed by atoms with Crippen LogP contribution in [-0.2, 0) is 0 Å². The molecule has 5 aromatic rings. The lowest BCUT2D eigenvalue weighted by atomic mass is 10.1. The Morgan fingerprint density at radius 1 is 0.705 bits per heavy atom. The second-order valence-electron chi connectivity index (χ2n) is 13.2. The van der Waals surface area contributed by atoms with Crippen LogP contribution < -0.4 is 11.1 Å². The molecule has 0 radical (unpaired) electrons. The molecule has 0 unspecified atom stereocenters. The second kappa shape index (κ2) is 15.4. The van der Waals surface area contributed by atoms with Crippen molar-refractivity contribution in [2.24, 2.45) is 0 Å². The Labute approximate surface area is 263 Å². The molecule has 5 rings (SSSR count). The predicted octanol–water partition coefficient (Wildman–Crippen LogP) is 10.1. The van der Waals surface area contributed by atoms with E-state index in [1.807, 2.05) is 24.4 Å². The van der Waals surface area contributed by atoms with E-state index in [0.29, 0.717) is 27.9 Å². The summed E-state index contributed by atoms with van der Waals surface area (Å²) in [4.78, 5) is 6.42. The molecule has 0 spiro atoms. The van der Waals surface area contributed by atoms with E-state index in [1.165, 1.54) is 17.8 Å². The molecule has 3 nitrogen and oxygen atoms in total. The number of H-pyrrole nitrogens is 2. The van der Waals surface area contributed by atoms with Crippen LogP contribution in [0.4, 0.5) is 18.9 Å². The quantitative estimate of drug-likeness (QED) is 0.0958. The first-order valence-corrected chi connectivity index (χ1v) is 22.0. The van der Waals surface area contributed by atoms with Gasteiger partial charge in [0.25, 0.3) is 0 Å². The van der Waals surface area contributed by atoms with Gasteiger partial charge in [-0.1, -0.05) is 65.5 Å². The van der Waals surface area contributed by atoms with Gasteiger partial charge in [0.15, 0.2) is 0 Å². The van der Waals surface area contributed by atoms with Gasteiger partial charge >= 0.3 is 0 Å². The highest BCUT2D eigenvalue weighted by Crippen LogP contribution is 2.19. The highest BCUT2D eigenvalue weighted by molar-refractivity contribution is 6.88. The number of hydrogen-bond donors (Lipinski definition) is 3. The third-order valence-electron chi connectivity index (χ3n) is 6.44. The summed E-state index contributed by atoms with van der Waals surface area (Å²) in [6.45, 7) is 22.8. The first-order valence-electron chi connectivity index (χ1n) is 15.0. The SMILES string of the molecule is CCC.Cc1cc(N)c(C#C[Si](C)(C)C)cc1F.Cc1cc2[nH]c([Si](C)(C)C)cc2cc1F.Cc1cc2[nH]ccc2cc1F. The normalized spacial score (nSPS) is 11.0. The van der Waals surface area contributed by atoms with Gasteiger partial charge < -0.3 is 15.7 Å². The fourth-order valence-electron chi connectivity index (χ4n) is 3.91. The first kappa shape index (κ1) is 36.5. The number of halogens is 3. The third kappa shape index (κ3) is 10.8. The first-order chi connectivity index (χ1) is 20.4. The van der Waals surface area contributed by atoms with Gasteiger partial charge in [-0.2, -0.15) is 0 Å². The van der Waals surface area contributed by atoms with Crippen LogP contribution >= 0.6 is 0 Å². The molecule has 8 heteroatoms. The zero-order valence-corrected chi connectivity index (χ0v) is 30.1. The Balaban J connectivity index is 0.000000222. The van der Waals surface area contributed by atoms with E-state index in [9.17, 15) is 13.2 Å². The van der Waals surface area contributed by atoms with Gasteiger partial charge in [-0.25, -0.2) is 13.2 Å². The number of anilines is 1. The highest BCUT2D eigenvalue weighted by atomic mass is 28.3. The van der Waals surface area contributed by atoms with E-state index in [0.717, 1.165) is 21.8 Å². The summed E-state index contributed by atoms with van der Waals surface area (Å²) in [5.74, 6) is 2.46. The number of benzene rings is 3. The van der Waals surface area contributed by atoms with Gasteiger partial charge in [0.05, 0.1) is 8.07 Å². The molecule has 4 N–H and O–H groups in total. The predicted molar refractivity (Wildman–Crippen MR) is 191 cm³/mol. The van der Waals surface area contributed by atoms with E-state index < -0.39 is 16.1 Å². The summed E-state index contributed by atoms with van der Waals surface area (Å²) in [7, 11) is -2.76. The van der Waals surface area contributed by atoms with Crippen LogP contribution in [-0.4, -0.2) is 26.1 Å². The summed E-state index contributed by atoms with van der Waals surface area (Å²) in [5.41, 5.74) is 14.1. The van der Waals surface area contributed by atoms with Gasteiger partial charge in [-0.15, -0.1) is 5.54 Å². The summed E-state index contributed by atoms with van der Waals surface area (Å²) >= 11 is 0. The maximum absolute atomic E-state index is 13.4. The van der Waals surface area contributed by atoms with E-state index in [4.69, 9.17) is 5.73 Å². The van der Waals surface area contributed by atoms with Crippen molar-refractivity contribution in [2.45, 2.75) is 80.3 Å². The largest absolute Gasteiger partial charge is 0.398 e. The number of nitrogen functional groups attached to an aromatic ring is 1. The van der Waals surface area contributed by atoms with Crippen LogP contribution in [0, 0.1) is 49.7 Å². The summed E-state index contributed by atoms with van der Waals surface area (Å²) in [6.07, 6.45) is 3.06. The van der Waals surface area contributed by atoms with E-state index in [2.05, 4.69) is 80.6 Å². The maximum Gasteiger partial charge on any atom is 0.129 e. The lowest BCUT2D eigenvalue weighted by Gasteiger charge is -2.12. The average Bonchev–Trinajstić information content (AvgIpc) is 3.53. The molecule has 0 aliphatic rings. The number of nitrogens with two attached hydrogens (primary N) is 1. The minimum Gasteiger partial charge on any atom is -0.398 e. The van der Waals surface area contributed by atoms with Gasteiger partial charge in [0, 0.05) is 39.3 Å². The lowest BCUT2D eigenvalue weighted by Crippen LogP contribution is -2.38. The van der Waals surface area contributed by atoms with Crippen molar-refractivity contribution in [1.82, 2.24) is 9.97 Å². The molecule has 0 atom stereocenters. The molecule has 2 heterocycles. The molecule has 3 aromatic carbocycles. The fourth-order valence-corrected chi connectivity index (χ4v) is 5.52. The smallest absolute Gasteiger partial charge is 0.129 e. The molecule has 2 aromatic heterocycles. The molecular formula is C36H48F3N3Si2. The molecule has 0 bridgehead atoms. The number of nitrogens with one attached hydrogen (secondary N) is 2. The van der Waals surface area contributed by atoms with Crippen molar-refractivity contribution < 1.29 is 13.2 Å². The Morgan fingerprint density at radius 2 is 1.20 bits per heavy atom. The van der Waals surface area contributed by atoms with Crippen molar-refractivity contribution in [3.63, 3.8) is 0 Å². The van der Waals surface area contributed by atoms with Crippen molar-refractivity contribution in [1.29, 1.82) is 0 Å². The molecule has 0 fully saturated rings. The Hall–Kier alpha value is -3.68. The Bertz CT molecular complexity index is 1690. The number of aromatic amines is 2. The van der Waals surface area contributed by atoms with Crippen LogP contribution in [0.15, 0.2) is 54.7 Å². The van der Waals surface area contributed by atoms with E-state index in [-0.39, 0.29) is 17.5 Å². The van der Waals surface area contributed by atoms with E-state index >= 15 is 0 Å². The molecular weight excluding hydrogens is 588 g/mol. The molecule has 0 amide bonds. The van der Waals surface area contributed by atoms with Gasteiger partial charge in [0.1, 0.15) is 25.5 Å². The highest BCUT2D eigenvalue weighted by Gasteiger charge is 2.19. The minimum atomic E-state index is -1.43. The zero-order valence-electron chi connectivity index (χ0n) is 28.1. The summed E-state index contributed by atoms with van der Waals surface area (Å²) in [6, 6.07) is 13.8. The number of hydrogen-bond acceptors (Lipinski definition) is 1. The van der Waals surface area contributed by atoms with Crippen LogP contribution in [0.25, 0.3) is 21.8 Å². The van der Waals surface area contributed by atoms with Crippen LogP contribution in [0.5, 0.6) is 0 Å². The molecule has 0 aliphatic carbocycles. The fraction of sp³-hybridized carbons (Fsp3) is 0.333. The number of aryl methyl sites for hydroxylation is 3. The minimum absolute atomic E-state index is 0.122. The van der Waals surface area contributed by atoms with Crippen LogP contribution in [0.2, 0.25) is 39.3 Å². The van der Waals surface area contributed by atoms with Crippen LogP contribution in [0.3, 0.4) is 0 Å². The lowest BCUT2D eigenvalue weighted by molar-refractivity contribution is 0.618. The van der Waals surface area contributed by atoms with Crippen molar-refractivity contribution in [3.8, 4) is 11.5 Å². The maximum atomic E-state index is 13.4. The van der Waals surface area contributed by atoms with Crippen molar-refractivity contribution in [2.75, 3.05) is 5.73 Å². The molecule has 236 valence electrons. The zero-order chi connectivity index (χ0) is 33.4. The molecule has 0 saturated carbocycles. The van der Waals surface area contributed by atoms with Crippen LogP contribution in [0.1, 0.15) is 42.5 Å². The van der Waals surface area contributed by atoms with Gasteiger partial charge in [-0.05, 0) is 91.3 Å². The topological polar surface area (TPSA) is 57.6 Å².